The molecule has 0 rings (SSSR count). The number of hydrogen-bond donors (Lipinski definition) is 1. The number of likely N-dealkylation sites (N-methyl/N-ethyl adjacent to an activating group) is 1. The van der Waals surface area contributed by atoms with Crippen molar-refractivity contribution in [3.63, 3.8) is 0 Å². The van der Waals surface area contributed by atoms with Crippen molar-refractivity contribution in [3.05, 3.63) is 0 Å². The van der Waals surface area contributed by atoms with E-state index < -0.39 is 0 Å². The molecule has 0 bridgehead atoms. The van der Waals surface area contributed by atoms with Gasteiger partial charge in [-0.05, 0) is 0 Å². The Kier molecular flexibility index (Phi) is 5.96. The second kappa shape index (κ2) is 5.50. The van der Waals surface area contributed by atoms with Gasteiger partial charge in [0.25, 0.3) is 0 Å². The SMILES string of the molecule is CNCC[N]=[Ta]. The summed E-state index contributed by atoms with van der Waals surface area (Å²) in [5, 5.41) is 2.99. The van der Waals surface area contributed by atoms with Crippen molar-refractivity contribution in [1.29, 1.82) is 0 Å². The van der Waals surface area contributed by atoms with Crippen molar-refractivity contribution in [2.45, 2.75) is 0 Å². The predicted molar refractivity (Wildman–Crippen MR) is 21.2 cm³/mol. The average molecular weight is 253 g/mol. The van der Waals surface area contributed by atoms with Crippen molar-refractivity contribution in [2.24, 2.45) is 3.34 Å². The molecule has 0 unspecified atom stereocenters. The maximum atomic E-state index is 3.97. The van der Waals surface area contributed by atoms with E-state index in [0.717, 1.165) is 34.0 Å². The van der Waals surface area contributed by atoms with Crippen molar-refractivity contribution >= 4 is 0 Å². The van der Waals surface area contributed by atoms with Crippen molar-refractivity contribution in [1.82, 2.24) is 5.32 Å². The summed E-state index contributed by atoms with van der Waals surface area (Å²) in [5.74, 6) is 0. The normalized spacial score (nSPS) is 8.00. The maximum absolute atomic E-state index is 3.97. The van der Waals surface area contributed by atoms with Gasteiger partial charge in [0.15, 0.2) is 0 Å². The van der Waals surface area contributed by atoms with Crippen LogP contribution >= 0.6 is 0 Å². The van der Waals surface area contributed by atoms with Gasteiger partial charge in [0, 0.05) is 0 Å². The first-order valence-electron chi connectivity index (χ1n) is 1.87. The van der Waals surface area contributed by atoms with Gasteiger partial charge in [0.2, 0.25) is 0 Å². The molecule has 2 nitrogen and oxygen atoms in total. The molecule has 0 aliphatic heterocycles. The molecule has 0 aliphatic rings. The minimum atomic E-state index is 0.976. The van der Waals surface area contributed by atoms with E-state index in [1.165, 1.54) is 0 Å². The molecule has 0 spiro atoms. The zero-order chi connectivity index (χ0) is 4.83. The average Bonchev–Trinajstić information content (AvgIpc) is 1.61. The van der Waals surface area contributed by atoms with Gasteiger partial charge >= 0.3 is 49.7 Å². The Bertz CT molecular complexity index is 37.8. The molecule has 0 amide bonds. The fourth-order valence-corrected chi connectivity index (χ4v) is 0.521. The first kappa shape index (κ1) is 6.50. The predicted octanol–water partition coefficient (Wildman–Crippen LogP) is -0.0638. The molecule has 0 radical (unpaired) electrons. The summed E-state index contributed by atoms with van der Waals surface area (Å²) >= 11 is 1.15. The summed E-state index contributed by atoms with van der Waals surface area (Å²) in [7, 11) is 1.93. The molecular weight excluding hydrogens is 245 g/mol. The van der Waals surface area contributed by atoms with Gasteiger partial charge in [-0.15, -0.1) is 0 Å². The fourth-order valence-electron chi connectivity index (χ4n) is 0.162. The standard InChI is InChI=1S/C3H8N2.Ta/c1-5-3-2-4;/h5H,2-3H2,1H3;. The first-order chi connectivity index (χ1) is 2.91. The van der Waals surface area contributed by atoms with Crippen LogP contribution in [0, 0.1) is 0 Å². The molecule has 35 valence electrons. The van der Waals surface area contributed by atoms with Crippen LogP contribution < -0.4 is 5.32 Å². The molecule has 0 aromatic rings. The molecule has 0 aliphatic carbocycles. The monoisotopic (exact) mass is 253 g/mol. The second-order valence-electron chi connectivity index (χ2n) is 0.969. The van der Waals surface area contributed by atoms with Crippen LogP contribution in [0.5, 0.6) is 0 Å². The van der Waals surface area contributed by atoms with Gasteiger partial charge in [-0.3, -0.25) is 0 Å². The van der Waals surface area contributed by atoms with E-state index in [4.69, 9.17) is 0 Å². The summed E-state index contributed by atoms with van der Waals surface area (Å²) in [6, 6.07) is 0. The molecule has 0 heterocycles. The molecule has 6 heavy (non-hydrogen) atoms. The van der Waals surface area contributed by atoms with Crippen LogP contribution in [0.4, 0.5) is 0 Å². The quantitative estimate of drug-likeness (QED) is 0.700. The topological polar surface area (TPSA) is 24.4 Å². The zero-order valence-electron chi connectivity index (χ0n) is 3.81. The number of nitrogens with one attached hydrogen (secondary N) is 1. The summed E-state index contributed by atoms with van der Waals surface area (Å²) in [6.07, 6.45) is 0. The summed E-state index contributed by atoms with van der Waals surface area (Å²) in [5.41, 5.74) is 0. The number of rotatable bonds is 3. The van der Waals surface area contributed by atoms with Crippen molar-refractivity contribution in [3.8, 4) is 0 Å². The molecule has 1 N–H and O–H groups in total. The summed E-state index contributed by atoms with van der Waals surface area (Å²) < 4.78 is 3.97. The Hall–Kier alpha value is 0.500. The van der Waals surface area contributed by atoms with Gasteiger partial charge in [-0.2, -0.15) is 0 Å². The third-order valence-electron chi connectivity index (χ3n) is 0.462. The van der Waals surface area contributed by atoms with Crippen LogP contribution in [-0.2, 0) is 20.9 Å². The van der Waals surface area contributed by atoms with Gasteiger partial charge < -0.3 is 0 Å². The van der Waals surface area contributed by atoms with Crippen molar-refractivity contribution in [2.75, 3.05) is 20.1 Å². The van der Waals surface area contributed by atoms with Crippen LogP contribution in [-0.4, -0.2) is 20.1 Å². The van der Waals surface area contributed by atoms with E-state index in [1.807, 2.05) is 7.05 Å². The Morgan fingerprint density at radius 2 is 2.50 bits per heavy atom. The van der Waals surface area contributed by atoms with Crippen LogP contribution in [0.25, 0.3) is 0 Å². The Morgan fingerprint density at radius 1 is 1.83 bits per heavy atom. The Labute approximate surface area is 50.1 Å². The van der Waals surface area contributed by atoms with Crippen LogP contribution in [0.2, 0.25) is 0 Å². The van der Waals surface area contributed by atoms with Crippen molar-refractivity contribution < 1.29 is 20.9 Å². The van der Waals surface area contributed by atoms with Gasteiger partial charge in [0.05, 0.1) is 0 Å². The van der Waals surface area contributed by atoms with E-state index in [1.54, 1.807) is 0 Å². The van der Waals surface area contributed by atoms with Crippen LogP contribution in [0.1, 0.15) is 0 Å². The molecule has 0 aromatic carbocycles. The fraction of sp³-hybridized carbons (Fsp3) is 1.00. The number of hydrogen-bond acceptors (Lipinski definition) is 2. The van der Waals surface area contributed by atoms with Crippen LogP contribution in [0.3, 0.4) is 0 Å². The Balaban J connectivity index is 2.49. The molecule has 0 fully saturated rings. The molecule has 0 saturated heterocycles. The molecule has 0 atom stereocenters. The van der Waals surface area contributed by atoms with Gasteiger partial charge in [-0.1, -0.05) is 0 Å². The first-order valence-corrected chi connectivity index (χ1v) is 3.31. The van der Waals surface area contributed by atoms with E-state index in [9.17, 15) is 0 Å². The molecule has 3 heteroatoms. The second-order valence-corrected chi connectivity index (χ2v) is 1.98. The third-order valence-corrected chi connectivity index (χ3v) is 1.18. The van der Waals surface area contributed by atoms with Gasteiger partial charge in [0.1, 0.15) is 0 Å². The third kappa shape index (κ3) is 4.50. The molecule has 0 aromatic heterocycles. The molecule has 0 saturated carbocycles. The zero-order valence-corrected chi connectivity index (χ0v) is 7.02. The van der Waals surface area contributed by atoms with Crippen LogP contribution in [0.15, 0.2) is 3.34 Å². The van der Waals surface area contributed by atoms with Gasteiger partial charge in [-0.25, -0.2) is 0 Å². The minimum absolute atomic E-state index is 0.976. The summed E-state index contributed by atoms with van der Waals surface area (Å²) in [6.45, 7) is 2.00. The molecular formula is C3H8N2Ta. The van der Waals surface area contributed by atoms with E-state index in [-0.39, 0.29) is 0 Å². The van der Waals surface area contributed by atoms with E-state index in [0.29, 0.717) is 0 Å². The van der Waals surface area contributed by atoms with E-state index in [2.05, 4.69) is 8.65 Å². The Morgan fingerprint density at radius 3 is 2.67 bits per heavy atom. The van der Waals surface area contributed by atoms with E-state index >= 15 is 0 Å². The number of nitrogens with zero attached hydrogens (tertiary/aromatic N) is 1. The summed E-state index contributed by atoms with van der Waals surface area (Å²) in [4.78, 5) is 0.